The molecule has 4 heterocycles. The summed E-state index contributed by atoms with van der Waals surface area (Å²) in [6.45, 7) is 14.5. The Morgan fingerprint density at radius 2 is 1.00 bits per heavy atom. The van der Waals surface area contributed by atoms with Crippen molar-refractivity contribution < 1.29 is 60.4 Å². The number of hydrogen-bond donors (Lipinski definition) is 4. The molecule has 6 aromatic rings. The quantitative estimate of drug-likeness (QED) is 0.0451. The van der Waals surface area contributed by atoms with E-state index in [0.29, 0.717) is 77.5 Å². The molecule has 2 aliphatic heterocycles. The number of hydrogen-bond acceptors (Lipinski definition) is 15. The second kappa shape index (κ2) is 29.8. The molecule has 0 radical (unpaired) electrons. The molecular weight excluding hydrogens is 1120 g/mol. The molecule has 0 unspecified atom stereocenters. The number of carbonyl (C=O) groups is 2. The van der Waals surface area contributed by atoms with Gasteiger partial charge in [-0.25, -0.2) is 14.8 Å². The van der Waals surface area contributed by atoms with E-state index in [1.54, 1.807) is 4.90 Å². The number of ether oxygens (including phenoxy) is 2. The van der Waals surface area contributed by atoms with Gasteiger partial charge in [-0.05, 0) is 138 Å². The number of rotatable bonds is 14. The first-order valence-electron chi connectivity index (χ1n) is 28.5. The van der Waals surface area contributed by atoms with Gasteiger partial charge in [-0.3, -0.25) is 25.0 Å². The van der Waals surface area contributed by atoms with Crippen LogP contribution in [0.2, 0.25) is 0 Å². The second-order valence-corrected chi connectivity index (χ2v) is 21.1. The maximum absolute atomic E-state index is 13.3. The number of carboxylic acid groups (broad SMARTS) is 1. The van der Waals surface area contributed by atoms with E-state index in [2.05, 4.69) is 82.1 Å². The summed E-state index contributed by atoms with van der Waals surface area (Å²) in [6, 6.07) is 26.6. The minimum absolute atomic E-state index is 0.00632. The first-order valence-corrected chi connectivity index (χ1v) is 28.5. The van der Waals surface area contributed by atoms with Gasteiger partial charge >= 0.3 is 18.3 Å². The van der Waals surface area contributed by atoms with E-state index < -0.39 is 50.7 Å². The summed E-state index contributed by atoms with van der Waals surface area (Å²) in [5.41, 5.74) is 0.355. The second-order valence-electron chi connectivity index (χ2n) is 21.1. The third-order valence-corrected chi connectivity index (χ3v) is 15.0. The zero-order valence-electron chi connectivity index (χ0n) is 47.9. The van der Waals surface area contributed by atoms with E-state index >= 15 is 0 Å². The number of nitrogens with one attached hydrogen (secondary N) is 3. The lowest BCUT2D eigenvalue weighted by Gasteiger charge is -2.36. The third-order valence-electron chi connectivity index (χ3n) is 15.0. The van der Waals surface area contributed by atoms with Crippen molar-refractivity contribution in [2.24, 2.45) is 0 Å². The number of halogens is 6. The molecule has 10 rings (SSSR count). The maximum atomic E-state index is 13.3. The molecule has 4 fully saturated rings. The van der Waals surface area contributed by atoms with Crippen molar-refractivity contribution in [3.63, 3.8) is 0 Å². The van der Waals surface area contributed by atoms with Crippen LogP contribution in [0.3, 0.4) is 0 Å². The van der Waals surface area contributed by atoms with Crippen LogP contribution >= 0.6 is 0 Å². The molecule has 19 nitrogen and oxygen atoms in total. The molecule has 85 heavy (non-hydrogen) atoms. The van der Waals surface area contributed by atoms with Gasteiger partial charge in [-0.2, -0.15) is 26.3 Å². The molecule has 0 atom stereocenters. The van der Waals surface area contributed by atoms with Crippen LogP contribution in [-0.2, 0) is 31.4 Å². The van der Waals surface area contributed by atoms with Crippen molar-refractivity contribution in [1.82, 2.24) is 20.2 Å². The number of anilines is 4. The van der Waals surface area contributed by atoms with Gasteiger partial charge in [0.2, 0.25) is 5.91 Å². The number of carbonyl (C=O) groups excluding carboxylic acids is 1. The number of amides is 1. The van der Waals surface area contributed by atoms with Crippen molar-refractivity contribution >= 4 is 68.1 Å². The predicted octanol–water partition coefficient (Wildman–Crippen LogP) is 12.0. The third kappa shape index (κ3) is 18.5. The van der Waals surface area contributed by atoms with Crippen LogP contribution in [0.4, 0.5) is 60.7 Å². The topological polar surface area (TPSA) is 231 Å². The Labute approximate surface area is 488 Å². The molecule has 4 N–H and O–H groups in total. The number of pyridine rings is 2. The predicted molar refractivity (Wildman–Crippen MR) is 313 cm³/mol. The standard InChI is InChI=1S/C29H32F3N5O4.C15H17F3N2O5.C14H17N3.C2H6/c1-19-2-9-25-20(16-19)3-11-27(34-25)35-12-14-36(15-13-35)28(38)18-41-23-7-4-21(5-8-23)33-22-6-10-26(37(39)40)24(17-22)29(30,31)32;16-15(17,18)12-7-10(3-6-13(12)20(23)24)19-9-1-4-11(5-2-9)25-8-14(21)22;1-11-2-4-13-12(10-11)3-5-14(16-13)17-8-6-15-7-9-17;1-2/h2-3,6,9-11,16-17,21,23,33H,4-5,7-8,12-15,18H2,1H3;3,6-7,9,11,19H,1-2,4-5,8H2,(H,21,22);2-5,10,15H,6-9H2,1H3;1-2H3. The van der Waals surface area contributed by atoms with Gasteiger partial charge in [0.15, 0.2) is 0 Å². The number of aryl methyl sites for hydroxylation is 2. The molecule has 2 saturated carbocycles. The smallest absolute Gasteiger partial charge is 0.423 e. The Morgan fingerprint density at radius 1 is 0.588 bits per heavy atom. The van der Waals surface area contributed by atoms with Gasteiger partial charge < -0.3 is 45.2 Å². The normalized spacial score (nSPS) is 19.1. The van der Waals surface area contributed by atoms with E-state index in [-0.39, 0.29) is 54.8 Å². The number of aliphatic carboxylic acids is 1. The van der Waals surface area contributed by atoms with Crippen LogP contribution < -0.4 is 25.8 Å². The van der Waals surface area contributed by atoms with Gasteiger partial charge in [-0.1, -0.05) is 37.1 Å². The van der Waals surface area contributed by atoms with E-state index in [4.69, 9.17) is 24.5 Å². The largest absolute Gasteiger partial charge is 0.480 e. The monoisotopic (exact) mass is 1190 g/mol. The summed E-state index contributed by atoms with van der Waals surface area (Å²) in [7, 11) is 0. The van der Waals surface area contributed by atoms with Crippen LogP contribution in [0.5, 0.6) is 0 Å². The Morgan fingerprint density at radius 3 is 1.40 bits per heavy atom. The van der Waals surface area contributed by atoms with Gasteiger partial charge in [0, 0.05) is 98.7 Å². The summed E-state index contributed by atoms with van der Waals surface area (Å²) in [6.07, 6.45) is -4.94. The van der Waals surface area contributed by atoms with Crippen LogP contribution in [0.25, 0.3) is 21.8 Å². The molecule has 25 heteroatoms. The zero-order valence-corrected chi connectivity index (χ0v) is 47.9. The fourth-order valence-electron chi connectivity index (χ4n) is 10.6. The zero-order chi connectivity index (χ0) is 61.4. The summed E-state index contributed by atoms with van der Waals surface area (Å²) in [5.74, 6) is 0.893. The summed E-state index contributed by atoms with van der Waals surface area (Å²) in [5, 5.41) is 42.0. The van der Waals surface area contributed by atoms with Gasteiger partial charge in [-0.15, -0.1) is 0 Å². The highest BCUT2D eigenvalue weighted by Crippen LogP contribution is 2.40. The molecule has 2 aliphatic carbocycles. The number of piperazine rings is 2. The molecule has 2 aromatic heterocycles. The van der Waals surface area contributed by atoms with Crippen molar-refractivity contribution in [2.75, 3.05) is 86.0 Å². The number of aromatic nitrogens is 2. The highest BCUT2D eigenvalue weighted by molar-refractivity contribution is 5.82. The first-order chi connectivity index (χ1) is 40.6. The number of nitrogens with zero attached hydrogens (tertiary/aromatic N) is 7. The van der Waals surface area contributed by atoms with Crippen molar-refractivity contribution in [2.45, 2.75) is 116 Å². The molecule has 458 valence electrons. The number of fused-ring (bicyclic) bond motifs is 2. The Balaban J connectivity index is 0.000000199. The Kier molecular flexibility index (Phi) is 22.6. The number of carboxylic acids is 1. The lowest BCUT2D eigenvalue weighted by Crippen LogP contribution is -2.50. The average Bonchev–Trinajstić information content (AvgIpc) is 2.65. The van der Waals surface area contributed by atoms with Crippen LogP contribution in [0, 0.1) is 34.1 Å². The number of nitro benzene ring substituents is 2. The van der Waals surface area contributed by atoms with Crippen molar-refractivity contribution in [3.8, 4) is 0 Å². The molecule has 0 spiro atoms. The van der Waals surface area contributed by atoms with Crippen molar-refractivity contribution in [3.05, 3.63) is 140 Å². The average molecular weight is 1190 g/mol. The molecule has 0 bridgehead atoms. The highest BCUT2D eigenvalue weighted by Gasteiger charge is 2.40. The maximum Gasteiger partial charge on any atom is 0.423 e. The van der Waals surface area contributed by atoms with Gasteiger partial charge in [0.25, 0.3) is 11.4 Å². The van der Waals surface area contributed by atoms with E-state index in [0.717, 1.165) is 78.5 Å². The van der Waals surface area contributed by atoms with E-state index in [9.17, 15) is 56.2 Å². The van der Waals surface area contributed by atoms with E-state index in [1.807, 2.05) is 32.0 Å². The first kappa shape index (κ1) is 64.7. The van der Waals surface area contributed by atoms with E-state index in [1.165, 1.54) is 28.6 Å². The Hall–Kier alpha value is -7.90. The Bertz CT molecular complexity index is 3230. The summed E-state index contributed by atoms with van der Waals surface area (Å²) < 4.78 is 89.8. The minimum Gasteiger partial charge on any atom is -0.480 e. The fourth-order valence-corrected chi connectivity index (χ4v) is 10.6. The lowest BCUT2D eigenvalue weighted by molar-refractivity contribution is -0.388. The SMILES string of the molecule is CC.Cc1ccc2nc(N3CCN(C(=O)COC4CCC(Nc5ccc([N+](=O)[O-])c(C(F)(F)F)c5)CC4)CC3)ccc2c1.Cc1ccc2nc(N3CCNCC3)ccc2c1.O=C(O)COC1CCC(Nc2ccc([N+](=O)[O-])c(C(F)(F)F)c2)CC1. The number of alkyl halides is 6. The molecule has 4 aliphatic rings. The molecule has 1 amide bonds. The molecular formula is C60H72F6N10O9. The fraction of sp³-hybridized carbons (Fsp3) is 0.467. The van der Waals surface area contributed by atoms with Crippen LogP contribution in [-0.4, -0.2) is 132 Å². The number of benzene rings is 4. The number of nitro groups is 2. The van der Waals surface area contributed by atoms with Gasteiger partial charge in [0.05, 0.1) is 33.1 Å². The van der Waals surface area contributed by atoms with Crippen LogP contribution in [0.1, 0.15) is 87.5 Å². The van der Waals surface area contributed by atoms with Crippen molar-refractivity contribution in [1.29, 1.82) is 0 Å². The van der Waals surface area contributed by atoms with Crippen LogP contribution in [0.15, 0.2) is 97.1 Å². The van der Waals surface area contributed by atoms with Gasteiger partial charge in [0.1, 0.15) is 36.0 Å². The minimum atomic E-state index is -4.82. The highest BCUT2D eigenvalue weighted by atomic mass is 19.4. The summed E-state index contributed by atoms with van der Waals surface area (Å²) in [4.78, 5) is 58.7. The molecule has 4 aromatic carbocycles. The summed E-state index contributed by atoms with van der Waals surface area (Å²) >= 11 is 0. The lowest BCUT2D eigenvalue weighted by atomic mass is 9.92. The molecule has 2 saturated heterocycles.